The standard InChI is InChI=1S/C13H19N3O4/c1-3-14-11-6-5-10(9-12(11)16(18)19)13(17)15-7-8-20-4-2/h5-6,9,14H,3-4,7-8H2,1-2H3,(H,15,17). The summed E-state index contributed by atoms with van der Waals surface area (Å²) in [4.78, 5) is 22.3. The minimum absolute atomic E-state index is 0.107. The molecule has 1 aromatic rings. The van der Waals surface area contributed by atoms with Crippen LogP contribution in [0.15, 0.2) is 18.2 Å². The quantitative estimate of drug-likeness (QED) is 0.430. The van der Waals surface area contributed by atoms with E-state index in [0.717, 1.165) is 0 Å². The summed E-state index contributed by atoms with van der Waals surface area (Å²) in [5, 5.41) is 16.5. The van der Waals surface area contributed by atoms with Crippen LogP contribution < -0.4 is 10.6 Å². The van der Waals surface area contributed by atoms with Crippen molar-refractivity contribution in [3.63, 3.8) is 0 Å². The fourth-order valence-electron chi connectivity index (χ4n) is 1.65. The summed E-state index contributed by atoms with van der Waals surface area (Å²) < 4.78 is 5.10. The average molecular weight is 281 g/mol. The van der Waals surface area contributed by atoms with Gasteiger partial charge in [-0.2, -0.15) is 0 Å². The van der Waals surface area contributed by atoms with Crippen LogP contribution in [0.1, 0.15) is 24.2 Å². The van der Waals surface area contributed by atoms with Crippen LogP contribution >= 0.6 is 0 Å². The summed E-state index contributed by atoms with van der Waals surface area (Å²) in [7, 11) is 0. The molecule has 0 saturated heterocycles. The van der Waals surface area contributed by atoms with E-state index in [4.69, 9.17) is 4.74 Å². The molecule has 0 unspecified atom stereocenters. The van der Waals surface area contributed by atoms with Gasteiger partial charge in [-0.15, -0.1) is 0 Å². The molecule has 0 spiro atoms. The van der Waals surface area contributed by atoms with Crippen molar-refractivity contribution in [1.29, 1.82) is 0 Å². The van der Waals surface area contributed by atoms with E-state index in [-0.39, 0.29) is 17.2 Å². The van der Waals surface area contributed by atoms with Gasteiger partial charge in [0, 0.05) is 31.3 Å². The summed E-state index contributed by atoms with van der Waals surface area (Å²) >= 11 is 0. The second kappa shape index (κ2) is 8.11. The molecule has 1 rings (SSSR count). The number of nitrogens with zero attached hydrogens (tertiary/aromatic N) is 1. The van der Waals surface area contributed by atoms with Crippen molar-refractivity contribution in [2.45, 2.75) is 13.8 Å². The van der Waals surface area contributed by atoms with E-state index in [1.807, 2.05) is 13.8 Å². The number of carbonyl (C=O) groups excluding carboxylic acids is 1. The van der Waals surface area contributed by atoms with Gasteiger partial charge in [0.2, 0.25) is 0 Å². The molecule has 7 heteroatoms. The van der Waals surface area contributed by atoms with Crippen LogP contribution in [0.2, 0.25) is 0 Å². The highest BCUT2D eigenvalue weighted by Crippen LogP contribution is 2.25. The third kappa shape index (κ3) is 4.51. The van der Waals surface area contributed by atoms with E-state index < -0.39 is 4.92 Å². The number of nitrogens with one attached hydrogen (secondary N) is 2. The number of nitro benzene ring substituents is 1. The van der Waals surface area contributed by atoms with E-state index >= 15 is 0 Å². The molecule has 0 aliphatic carbocycles. The van der Waals surface area contributed by atoms with E-state index in [1.54, 1.807) is 12.1 Å². The molecule has 0 heterocycles. The fraction of sp³-hybridized carbons (Fsp3) is 0.462. The number of carbonyl (C=O) groups is 1. The van der Waals surface area contributed by atoms with Crippen molar-refractivity contribution >= 4 is 17.3 Å². The third-order valence-electron chi connectivity index (χ3n) is 2.56. The van der Waals surface area contributed by atoms with Gasteiger partial charge in [0.05, 0.1) is 11.5 Å². The molecule has 20 heavy (non-hydrogen) atoms. The van der Waals surface area contributed by atoms with Gasteiger partial charge < -0.3 is 15.4 Å². The Hall–Kier alpha value is -2.15. The number of rotatable bonds is 8. The van der Waals surface area contributed by atoms with Crippen LogP contribution in [0.25, 0.3) is 0 Å². The Morgan fingerprint density at radius 3 is 2.75 bits per heavy atom. The first kappa shape index (κ1) is 15.9. The van der Waals surface area contributed by atoms with Crippen molar-refractivity contribution in [2.75, 3.05) is 31.6 Å². The monoisotopic (exact) mass is 281 g/mol. The maximum Gasteiger partial charge on any atom is 0.293 e. The first-order valence-electron chi connectivity index (χ1n) is 6.48. The molecule has 0 saturated carbocycles. The number of hydrogen-bond donors (Lipinski definition) is 2. The van der Waals surface area contributed by atoms with Gasteiger partial charge in [0.15, 0.2) is 0 Å². The molecule has 1 aromatic carbocycles. The molecule has 0 atom stereocenters. The summed E-state index contributed by atoms with van der Waals surface area (Å²) in [5.41, 5.74) is 0.558. The van der Waals surface area contributed by atoms with Crippen LogP contribution in [0.3, 0.4) is 0 Å². The number of ether oxygens (including phenoxy) is 1. The van der Waals surface area contributed by atoms with Gasteiger partial charge in [-0.3, -0.25) is 14.9 Å². The highest BCUT2D eigenvalue weighted by Gasteiger charge is 2.16. The summed E-state index contributed by atoms with van der Waals surface area (Å²) in [6.45, 7) is 5.65. The molecule has 7 nitrogen and oxygen atoms in total. The predicted octanol–water partition coefficient (Wildman–Crippen LogP) is 1.79. The lowest BCUT2D eigenvalue weighted by Gasteiger charge is -2.08. The Labute approximate surface area is 117 Å². The molecule has 2 N–H and O–H groups in total. The normalized spacial score (nSPS) is 10.1. The van der Waals surface area contributed by atoms with Crippen molar-refractivity contribution < 1.29 is 14.5 Å². The molecule has 0 fully saturated rings. The van der Waals surface area contributed by atoms with E-state index in [2.05, 4.69) is 10.6 Å². The first-order chi connectivity index (χ1) is 9.60. The SMILES string of the molecule is CCNc1ccc(C(=O)NCCOCC)cc1[N+](=O)[O-]. The second-order valence-electron chi connectivity index (χ2n) is 3.97. The van der Waals surface area contributed by atoms with Gasteiger partial charge in [-0.1, -0.05) is 0 Å². The number of benzene rings is 1. The average Bonchev–Trinajstić information content (AvgIpc) is 2.44. The maximum absolute atomic E-state index is 11.8. The zero-order valence-corrected chi connectivity index (χ0v) is 11.6. The topological polar surface area (TPSA) is 93.5 Å². The molecule has 0 aliphatic rings. The Bertz CT molecular complexity index is 477. The zero-order chi connectivity index (χ0) is 15.0. The maximum atomic E-state index is 11.8. The number of nitro groups is 1. The van der Waals surface area contributed by atoms with Crippen LogP contribution in [0.4, 0.5) is 11.4 Å². The van der Waals surface area contributed by atoms with Crippen LogP contribution in [-0.2, 0) is 4.74 Å². The van der Waals surface area contributed by atoms with E-state index in [1.165, 1.54) is 6.07 Å². The molecular weight excluding hydrogens is 262 g/mol. The Balaban J connectivity index is 2.78. The molecule has 1 amide bonds. The Kier molecular flexibility index (Phi) is 6.45. The summed E-state index contributed by atoms with van der Waals surface area (Å²) in [5.74, 6) is -0.351. The van der Waals surface area contributed by atoms with Crippen LogP contribution in [0.5, 0.6) is 0 Å². The molecule has 0 aromatic heterocycles. The lowest BCUT2D eigenvalue weighted by molar-refractivity contribution is -0.384. The van der Waals surface area contributed by atoms with Crippen molar-refractivity contribution in [3.8, 4) is 0 Å². The molecule has 110 valence electrons. The molecule has 0 radical (unpaired) electrons. The largest absolute Gasteiger partial charge is 0.380 e. The highest BCUT2D eigenvalue weighted by atomic mass is 16.6. The Morgan fingerprint density at radius 1 is 1.40 bits per heavy atom. The first-order valence-corrected chi connectivity index (χ1v) is 6.48. The molecular formula is C13H19N3O4. The van der Waals surface area contributed by atoms with Gasteiger partial charge in [0.1, 0.15) is 5.69 Å². The number of hydrogen-bond acceptors (Lipinski definition) is 5. The van der Waals surface area contributed by atoms with Gasteiger partial charge in [-0.25, -0.2) is 0 Å². The van der Waals surface area contributed by atoms with E-state index in [0.29, 0.717) is 32.0 Å². The zero-order valence-electron chi connectivity index (χ0n) is 11.6. The van der Waals surface area contributed by atoms with E-state index in [9.17, 15) is 14.9 Å². The second-order valence-corrected chi connectivity index (χ2v) is 3.97. The van der Waals surface area contributed by atoms with Crippen LogP contribution in [0, 0.1) is 10.1 Å². The smallest absolute Gasteiger partial charge is 0.293 e. The highest BCUT2D eigenvalue weighted by molar-refractivity contribution is 5.95. The Morgan fingerprint density at radius 2 is 2.15 bits per heavy atom. The van der Waals surface area contributed by atoms with Crippen molar-refractivity contribution in [1.82, 2.24) is 5.32 Å². The lowest BCUT2D eigenvalue weighted by atomic mass is 10.1. The minimum Gasteiger partial charge on any atom is -0.380 e. The van der Waals surface area contributed by atoms with Crippen molar-refractivity contribution in [3.05, 3.63) is 33.9 Å². The fourth-order valence-corrected chi connectivity index (χ4v) is 1.65. The lowest BCUT2D eigenvalue weighted by Crippen LogP contribution is -2.27. The van der Waals surface area contributed by atoms with Gasteiger partial charge in [0.25, 0.3) is 11.6 Å². The minimum atomic E-state index is -0.505. The van der Waals surface area contributed by atoms with Gasteiger partial charge in [-0.05, 0) is 26.0 Å². The van der Waals surface area contributed by atoms with Gasteiger partial charge >= 0.3 is 0 Å². The third-order valence-corrected chi connectivity index (χ3v) is 2.56. The molecule has 0 bridgehead atoms. The summed E-state index contributed by atoms with van der Waals surface area (Å²) in [6, 6.07) is 4.37. The van der Waals surface area contributed by atoms with Crippen molar-refractivity contribution in [2.24, 2.45) is 0 Å². The molecule has 0 aliphatic heterocycles. The number of anilines is 1. The summed E-state index contributed by atoms with van der Waals surface area (Å²) in [6.07, 6.45) is 0. The van der Waals surface area contributed by atoms with Crippen LogP contribution in [-0.4, -0.2) is 37.1 Å². The number of amides is 1. The predicted molar refractivity (Wildman–Crippen MR) is 76.1 cm³/mol.